The molecular formula is C18H17FN4O3. The first-order chi connectivity index (χ1) is 12.4. The minimum absolute atomic E-state index is 0.208. The van der Waals surface area contributed by atoms with E-state index >= 15 is 0 Å². The Morgan fingerprint density at radius 1 is 1.27 bits per heavy atom. The Morgan fingerprint density at radius 2 is 2.00 bits per heavy atom. The van der Waals surface area contributed by atoms with E-state index in [1.54, 1.807) is 23.7 Å². The van der Waals surface area contributed by atoms with Crippen molar-refractivity contribution in [3.05, 3.63) is 75.9 Å². The van der Waals surface area contributed by atoms with Gasteiger partial charge in [0.1, 0.15) is 17.3 Å². The van der Waals surface area contributed by atoms with E-state index in [-0.39, 0.29) is 11.6 Å². The number of ether oxygens (including phenoxy) is 1. The zero-order chi connectivity index (χ0) is 18.7. The number of hydrogen-bond acceptors (Lipinski definition) is 5. The minimum Gasteiger partial charge on any atom is -0.457 e. The summed E-state index contributed by atoms with van der Waals surface area (Å²) in [6.07, 6.45) is 1.39. The van der Waals surface area contributed by atoms with E-state index in [1.807, 2.05) is 25.1 Å². The van der Waals surface area contributed by atoms with Crippen LogP contribution in [0, 0.1) is 22.9 Å². The Hall–Kier alpha value is -3.42. The standard InChI is InChI=1S/C18H17FN4O3/c1-12-9-13(10-20-17-18(23(24)25)21-11-22(17)2)3-8-16(12)26-15-6-4-14(19)5-7-15/h3-9,11,20H,10H2,1-2H3. The van der Waals surface area contributed by atoms with Crippen molar-refractivity contribution in [1.82, 2.24) is 9.55 Å². The number of nitro groups is 1. The molecule has 0 unspecified atom stereocenters. The molecule has 0 aliphatic carbocycles. The molecule has 1 N–H and O–H groups in total. The van der Waals surface area contributed by atoms with Gasteiger partial charge in [-0.1, -0.05) is 12.1 Å². The lowest BCUT2D eigenvalue weighted by atomic mass is 10.1. The summed E-state index contributed by atoms with van der Waals surface area (Å²) >= 11 is 0. The van der Waals surface area contributed by atoms with Gasteiger partial charge in [-0.2, -0.15) is 0 Å². The molecule has 26 heavy (non-hydrogen) atoms. The molecule has 0 radical (unpaired) electrons. The zero-order valence-electron chi connectivity index (χ0n) is 14.3. The lowest BCUT2D eigenvalue weighted by molar-refractivity contribution is -0.388. The Balaban J connectivity index is 1.71. The number of halogens is 1. The normalized spacial score (nSPS) is 10.6. The zero-order valence-corrected chi connectivity index (χ0v) is 14.3. The van der Waals surface area contributed by atoms with Crippen LogP contribution < -0.4 is 10.1 Å². The third-order valence-electron chi connectivity index (χ3n) is 3.83. The second-order valence-corrected chi connectivity index (χ2v) is 5.79. The molecule has 134 valence electrons. The second kappa shape index (κ2) is 7.22. The number of rotatable bonds is 6. The summed E-state index contributed by atoms with van der Waals surface area (Å²) in [4.78, 5) is 14.2. The molecule has 1 aromatic heterocycles. The molecule has 0 saturated heterocycles. The topological polar surface area (TPSA) is 82.2 Å². The molecule has 0 aliphatic heterocycles. The number of nitrogens with one attached hydrogen (secondary N) is 1. The number of anilines is 1. The predicted octanol–water partition coefficient (Wildman–Crippen LogP) is 4.18. The molecule has 0 aliphatic rings. The fourth-order valence-electron chi connectivity index (χ4n) is 2.51. The van der Waals surface area contributed by atoms with Crippen LogP contribution in [0.25, 0.3) is 0 Å². The van der Waals surface area contributed by atoms with Gasteiger partial charge in [0.2, 0.25) is 12.1 Å². The second-order valence-electron chi connectivity index (χ2n) is 5.79. The third-order valence-corrected chi connectivity index (χ3v) is 3.83. The van der Waals surface area contributed by atoms with Gasteiger partial charge < -0.3 is 20.2 Å². The van der Waals surface area contributed by atoms with Crippen LogP contribution in [0.3, 0.4) is 0 Å². The smallest absolute Gasteiger partial charge is 0.406 e. The van der Waals surface area contributed by atoms with E-state index in [9.17, 15) is 14.5 Å². The molecule has 0 atom stereocenters. The van der Waals surface area contributed by atoms with Crippen molar-refractivity contribution < 1.29 is 14.1 Å². The monoisotopic (exact) mass is 356 g/mol. The SMILES string of the molecule is Cc1cc(CNc2c([N+](=O)[O-])ncn2C)ccc1Oc1ccc(F)cc1. The maximum atomic E-state index is 13.0. The first-order valence-electron chi connectivity index (χ1n) is 7.86. The fraction of sp³-hybridized carbons (Fsp3) is 0.167. The average molecular weight is 356 g/mol. The highest BCUT2D eigenvalue weighted by Crippen LogP contribution is 2.27. The molecule has 0 fully saturated rings. The first kappa shape index (κ1) is 17.4. The number of aromatic nitrogens is 2. The van der Waals surface area contributed by atoms with E-state index in [1.165, 1.54) is 18.5 Å². The summed E-state index contributed by atoms with van der Waals surface area (Å²) in [6.45, 7) is 2.30. The molecule has 3 rings (SSSR count). The van der Waals surface area contributed by atoms with Crippen LogP contribution >= 0.6 is 0 Å². The summed E-state index contributed by atoms with van der Waals surface area (Å²) in [5.41, 5.74) is 1.83. The Labute approximate surface area is 149 Å². The van der Waals surface area contributed by atoms with Gasteiger partial charge in [-0.15, -0.1) is 0 Å². The average Bonchev–Trinajstić information content (AvgIpc) is 2.98. The molecule has 8 heteroatoms. The summed E-state index contributed by atoms with van der Waals surface area (Å²) in [6, 6.07) is 11.4. The summed E-state index contributed by atoms with van der Waals surface area (Å²) in [5, 5.41) is 14.0. The van der Waals surface area contributed by atoms with Crippen LogP contribution in [0.2, 0.25) is 0 Å². The van der Waals surface area contributed by atoms with E-state index in [0.717, 1.165) is 11.1 Å². The van der Waals surface area contributed by atoms with Crippen LogP contribution in [0.4, 0.5) is 16.0 Å². The minimum atomic E-state index is -0.521. The molecule has 0 amide bonds. The molecule has 7 nitrogen and oxygen atoms in total. The van der Waals surface area contributed by atoms with E-state index in [2.05, 4.69) is 10.3 Å². The maximum absolute atomic E-state index is 13.0. The van der Waals surface area contributed by atoms with Gasteiger partial charge in [0.25, 0.3) is 0 Å². The molecule has 3 aromatic rings. The van der Waals surface area contributed by atoms with Gasteiger partial charge in [-0.05, 0) is 58.3 Å². The van der Waals surface area contributed by atoms with Gasteiger partial charge in [0.05, 0.1) is 0 Å². The first-order valence-corrected chi connectivity index (χ1v) is 7.86. The number of imidazole rings is 1. The van der Waals surface area contributed by atoms with Crippen molar-refractivity contribution >= 4 is 11.6 Å². The third kappa shape index (κ3) is 3.80. The van der Waals surface area contributed by atoms with Crippen molar-refractivity contribution in [2.45, 2.75) is 13.5 Å². The highest BCUT2D eigenvalue weighted by molar-refractivity contribution is 5.52. The molecule has 1 heterocycles. The quantitative estimate of drug-likeness (QED) is 0.529. The van der Waals surface area contributed by atoms with Gasteiger partial charge in [-0.25, -0.2) is 4.39 Å². The highest BCUT2D eigenvalue weighted by atomic mass is 19.1. The van der Waals surface area contributed by atoms with E-state index in [0.29, 0.717) is 23.9 Å². The van der Waals surface area contributed by atoms with Crippen molar-refractivity contribution in [2.24, 2.45) is 7.05 Å². The van der Waals surface area contributed by atoms with Crippen molar-refractivity contribution in [3.63, 3.8) is 0 Å². The Morgan fingerprint density at radius 3 is 2.65 bits per heavy atom. The van der Waals surface area contributed by atoms with Crippen LogP contribution in [0.1, 0.15) is 11.1 Å². The lowest BCUT2D eigenvalue weighted by Crippen LogP contribution is -2.06. The van der Waals surface area contributed by atoms with Crippen LogP contribution in [0.5, 0.6) is 11.5 Å². The van der Waals surface area contributed by atoms with Gasteiger partial charge in [-0.3, -0.25) is 4.57 Å². The fourth-order valence-corrected chi connectivity index (χ4v) is 2.51. The van der Waals surface area contributed by atoms with Crippen LogP contribution in [-0.4, -0.2) is 14.5 Å². The van der Waals surface area contributed by atoms with E-state index < -0.39 is 4.92 Å². The van der Waals surface area contributed by atoms with Crippen LogP contribution in [0.15, 0.2) is 48.8 Å². The number of benzene rings is 2. The largest absolute Gasteiger partial charge is 0.457 e. The molecular weight excluding hydrogens is 339 g/mol. The lowest BCUT2D eigenvalue weighted by Gasteiger charge is -2.11. The number of aryl methyl sites for hydroxylation is 2. The van der Waals surface area contributed by atoms with Crippen LogP contribution in [-0.2, 0) is 13.6 Å². The Bertz CT molecular complexity index is 938. The molecule has 2 aromatic carbocycles. The van der Waals surface area contributed by atoms with Crippen molar-refractivity contribution in [1.29, 1.82) is 0 Å². The Kier molecular flexibility index (Phi) is 4.83. The van der Waals surface area contributed by atoms with Crippen molar-refractivity contribution in [3.8, 4) is 11.5 Å². The summed E-state index contributed by atoms with van der Waals surface area (Å²) < 4.78 is 20.3. The van der Waals surface area contributed by atoms with Crippen molar-refractivity contribution in [2.75, 3.05) is 5.32 Å². The van der Waals surface area contributed by atoms with Gasteiger partial charge in [0.15, 0.2) is 0 Å². The summed E-state index contributed by atoms with van der Waals surface area (Å²) in [7, 11) is 1.69. The number of hydrogen-bond donors (Lipinski definition) is 1. The predicted molar refractivity (Wildman–Crippen MR) is 94.8 cm³/mol. The summed E-state index contributed by atoms with van der Waals surface area (Å²) in [5.74, 6) is 1.03. The molecule has 0 spiro atoms. The van der Waals surface area contributed by atoms with E-state index in [4.69, 9.17) is 4.74 Å². The number of nitrogens with zero attached hydrogens (tertiary/aromatic N) is 3. The highest BCUT2D eigenvalue weighted by Gasteiger charge is 2.19. The molecule has 0 bridgehead atoms. The van der Waals surface area contributed by atoms with Gasteiger partial charge >= 0.3 is 5.82 Å². The van der Waals surface area contributed by atoms with Gasteiger partial charge in [0, 0.05) is 13.6 Å². The maximum Gasteiger partial charge on any atom is 0.406 e. The molecule has 0 saturated carbocycles.